The highest BCUT2D eigenvalue weighted by molar-refractivity contribution is 7.17. The third kappa shape index (κ3) is 2.24. The molecule has 1 N–H and O–H groups in total. The summed E-state index contributed by atoms with van der Waals surface area (Å²) in [5, 5.41) is 3.40. The summed E-state index contributed by atoms with van der Waals surface area (Å²) in [4.78, 5) is 23.0. The fourth-order valence-corrected chi connectivity index (χ4v) is 4.35. The number of fused-ring (bicyclic) bond motifs is 1. The van der Waals surface area contributed by atoms with Crippen LogP contribution in [0.3, 0.4) is 0 Å². The van der Waals surface area contributed by atoms with E-state index in [9.17, 15) is 4.79 Å². The first-order valence-corrected chi connectivity index (χ1v) is 8.28. The van der Waals surface area contributed by atoms with Gasteiger partial charge in [-0.3, -0.25) is 14.2 Å². The Morgan fingerprint density at radius 1 is 1.23 bits per heavy atom. The Bertz CT molecular complexity index is 849. The highest BCUT2D eigenvalue weighted by Crippen LogP contribution is 2.38. The second-order valence-corrected chi connectivity index (χ2v) is 6.49. The number of aromatic nitrogens is 3. The topological polar surface area (TPSA) is 59.3 Å². The Balaban J connectivity index is 1.99. The fourth-order valence-electron chi connectivity index (χ4n) is 3.06. The van der Waals surface area contributed by atoms with Crippen LogP contribution in [0.25, 0.3) is 16.2 Å². The van der Waals surface area contributed by atoms with Crippen molar-refractivity contribution < 1.29 is 0 Å². The molecule has 0 radical (unpaired) electrons. The van der Waals surface area contributed by atoms with Crippen LogP contribution in [0, 0.1) is 0 Å². The van der Waals surface area contributed by atoms with Gasteiger partial charge in [0.1, 0.15) is 0 Å². The third-order valence-electron chi connectivity index (χ3n) is 4.12. The van der Waals surface area contributed by atoms with Crippen LogP contribution in [0.5, 0.6) is 0 Å². The number of thiazole rings is 1. The van der Waals surface area contributed by atoms with Crippen LogP contribution >= 0.6 is 11.3 Å². The van der Waals surface area contributed by atoms with E-state index < -0.39 is 0 Å². The first kappa shape index (κ1) is 13.6. The minimum atomic E-state index is -0.0275. The molecule has 22 heavy (non-hydrogen) atoms. The number of rotatable bonds is 2. The van der Waals surface area contributed by atoms with Gasteiger partial charge in [0.25, 0.3) is 5.56 Å². The van der Waals surface area contributed by atoms with Gasteiger partial charge in [-0.1, -0.05) is 0 Å². The Kier molecular flexibility index (Phi) is 3.48. The van der Waals surface area contributed by atoms with Gasteiger partial charge in [0.15, 0.2) is 4.96 Å². The summed E-state index contributed by atoms with van der Waals surface area (Å²) in [5.41, 5.74) is 1.93. The molecule has 0 aliphatic carbocycles. The van der Waals surface area contributed by atoms with Gasteiger partial charge in [0, 0.05) is 35.1 Å². The maximum absolute atomic E-state index is 12.4. The predicted molar refractivity (Wildman–Crippen MR) is 87.4 cm³/mol. The van der Waals surface area contributed by atoms with E-state index in [4.69, 9.17) is 0 Å². The number of piperidine rings is 1. The maximum Gasteiger partial charge on any atom is 0.258 e. The average molecular weight is 312 g/mol. The first-order chi connectivity index (χ1) is 10.8. The standard InChI is InChI=1S/C16H16N4OS/c21-13-5-9-19-16-20(13)14(12-2-1-6-18-10-12)15(22-16)11-3-7-17-8-4-11/h1-2,5-6,9-11,17H,3-4,7-8H2. The summed E-state index contributed by atoms with van der Waals surface area (Å²) in [5.74, 6) is 0.475. The molecule has 0 unspecified atom stereocenters. The molecule has 4 rings (SSSR count). The maximum atomic E-state index is 12.4. The lowest BCUT2D eigenvalue weighted by Crippen LogP contribution is -2.26. The normalized spacial score (nSPS) is 16.2. The molecule has 0 saturated carbocycles. The molecule has 1 aliphatic rings. The summed E-state index contributed by atoms with van der Waals surface area (Å²) in [7, 11) is 0. The zero-order valence-corrected chi connectivity index (χ0v) is 12.8. The number of hydrogen-bond donors (Lipinski definition) is 1. The smallest absolute Gasteiger partial charge is 0.258 e. The minimum Gasteiger partial charge on any atom is -0.317 e. The molecular formula is C16H16N4OS. The molecular weight excluding hydrogens is 296 g/mol. The molecule has 0 amide bonds. The van der Waals surface area contributed by atoms with E-state index >= 15 is 0 Å². The van der Waals surface area contributed by atoms with Crippen LogP contribution in [0.15, 0.2) is 41.6 Å². The van der Waals surface area contributed by atoms with Gasteiger partial charge < -0.3 is 5.32 Å². The zero-order chi connectivity index (χ0) is 14.9. The largest absolute Gasteiger partial charge is 0.317 e. The molecule has 6 heteroatoms. The summed E-state index contributed by atoms with van der Waals surface area (Å²) in [6, 6.07) is 5.44. The van der Waals surface area contributed by atoms with Crippen LogP contribution in [0.1, 0.15) is 23.6 Å². The van der Waals surface area contributed by atoms with Crippen LogP contribution in [-0.2, 0) is 0 Å². The fraction of sp³-hybridized carbons (Fsp3) is 0.312. The van der Waals surface area contributed by atoms with Crippen molar-refractivity contribution in [3.63, 3.8) is 0 Å². The number of nitrogens with one attached hydrogen (secondary N) is 1. The van der Waals surface area contributed by atoms with Gasteiger partial charge in [-0.25, -0.2) is 4.98 Å². The molecule has 1 fully saturated rings. The summed E-state index contributed by atoms with van der Waals surface area (Å²) < 4.78 is 1.74. The van der Waals surface area contributed by atoms with E-state index in [1.165, 1.54) is 10.9 Å². The van der Waals surface area contributed by atoms with Crippen LogP contribution in [0.2, 0.25) is 0 Å². The monoisotopic (exact) mass is 312 g/mol. The van der Waals surface area contributed by atoms with Crippen molar-refractivity contribution in [3.05, 3.63) is 52.0 Å². The molecule has 5 nitrogen and oxygen atoms in total. The quantitative estimate of drug-likeness (QED) is 0.789. The minimum absolute atomic E-state index is 0.0275. The Morgan fingerprint density at radius 3 is 2.86 bits per heavy atom. The van der Waals surface area contributed by atoms with E-state index in [-0.39, 0.29) is 5.56 Å². The first-order valence-electron chi connectivity index (χ1n) is 7.46. The molecule has 4 heterocycles. The van der Waals surface area contributed by atoms with Crippen molar-refractivity contribution in [3.8, 4) is 11.3 Å². The lowest BCUT2D eigenvalue weighted by Gasteiger charge is -2.22. The highest BCUT2D eigenvalue weighted by atomic mass is 32.1. The highest BCUT2D eigenvalue weighted by Gasteiger charge is 2.24. The van der Waals surface area contributed by atoms with Gasteiger partial charge >= 0.3 is 0 Å². The van der Waals surface area contributed by atoms with E-state index in [1.807, 2.05) is 18.3 Å². The molecule has 1 saturated heterocycles. The van der Waals surface area contributed by atoms with Crippen molar-refractivity contribution >= 4 is 16.3 Å². The zero-order valence-electron chi connectivity index (χ0n) is 12.0. The van der Waals surface area contributed by atoms with Crippen LogP contribution in [0.4, 0.5) is 0 Å². The van der Waals surface area contributed by atoms with Crippen molar-refractivity contribution in [2.45, 2.75) is 18.8 Å². The summed E-state index contributed by atoms with van der Waals surface area (Å²) in [6.45, 7) is 2.04. The Labute approximate surface area is 131 Å². The van der Waals surface area contributed by atoms with Gasteiger partial charge in [0.05, 0.1) is 5.69 Å². The van der Waals surface area contributed by atoms with E-state index in [1.54, 1.807) is 28.1 Å². The summed E-state index contributed by atoms with van der Waals surface area (Å²) in [6.07, 6.45) is 7.35. The predicted octanol–water partition coefficient (Wildman–Crippen LogP) is 2.29. The third-order valence-corrected chi connectivity index (χ3v) is 5.33. The lowest BCUT2D eigenvalue weighted by molar-refractivity contribution is 0.465. The Hall–Kier alpha value is -2.05. The Morgan fingerprint density at radius 2 is 2.09 bits per heavy atom. The molecule has 1 aliphatic heterocycles. The van der Waals surface area contributed by atoms with E-state index in [2.05, 4.69) is 15.3 Å². The van der Waals surface area contributed by atoms with Crippen LogP contribution in [-0.4, -0.2) is 27.5 Å². The van der Waals surface area contributed by atoms with Gasteiger partial charge in [-0.05, 0) is 44.0 Å². The molecule has 0 aromatic carbocycles. The second kappa shape index (κ2) is 5.62. The van der Waals surface area contributed by atoms with Gasteiger partial charge in [-0.2, -0.15) is 0 Å². The molecule has 3 aromatic heterocycles. The van der Waals surface area contributed by atoms with Crippen molar-refractivity contribution in [1.82, 2.24) is 19.7 Å². The van der Waals surface area contributed by atoms with E-state index in [0.29, 0.717) is 5.92 Å². The van der Waals surface area contributed by atoms with Crippen molar-refractivity contribution in [1.29, 1.82) is 0 Å². The number of nitrogens with zero attached hydrogens (tertiary/aromatic N) is 3. The molecule has 3 aromatic rings. The second-order valence-electron chi connectivity index (χ2n) is 5.48. The molecule has 0 atom stereocenters. The van der Waals surface area contributed by atoms with Crippen LogP contribution < -0.4 is 10.9 Å². The molecule has 0 bridgehead atoms. The number of pyridine rings is 1. The average Bonchev–Trinajstić information content (AvgIpc) is 2.97. The van der Waals surface area contributed by atoms with Crippen molar-refractivity contribution in [2.75, 3.05) is 13.1 Å². The van der Waals surface area contributed by atoms with Crippen molar-refractivity contribution in [2.24, 2.45) is 0 Å². The van der Waals surface area contributed by atoms with Gasteiger partial charge in [0.2, 0.25) is 0 Å². The SMILES string of the molecule is O=c1ccnc2sc(C3CCNCC3)c(-c3cccnc3)n12. The molecule has 112 valence electrons. The van der Waals surface area contributed by atoms with E-state index in [0.717, 1.165) is 42.1 Å². The molecule has 0 spiro atoms. The lowest BCUT2D eigenvalue weighted by atomic mass is 9.94. The summed E-state index contributed by atoms with van der Waals surface area (Å²) >= 11 is 1.64. The van der Waals surface area contributed by atoms with Gasteiger partial charge in [-0.15, -0.1) is 11.3 Å². The number of hydrogen-bond acceptors (Lipinski definition) is 5.